The summed E-state index contributed by atoms with van der Waals surface area (Å²) < 4.78 is 18.4. The van der Waals surface area contributed by atoms with Crippen molar-refractivity contribution in [2.45, 2.75) is 18.9 Å². The van der Waals surface area contributed by atoms with Gasteiger partial charge in [-0.2, -0.15) is 0 Å². The minimum absolute atomic E-state index is 0.0468. The molecule has 0 saturated heterocycles. The Morgan fingerprint density at radius 2 is 1.94 bits per heavy atom. The van der Waals surface area contributed by atoms with Crippen molar-refractivity contribution in [1.29, 1.82) is 0 Å². The number of hydrogen-bond acceptors (Lipinski definition) is 6. The first-order chi connectivity index (χ1) is 16.1. The number of nitrogens with one attached hydrogen (secondary N) is 1. The highest BCUT2D eigenvalue weighted by Crippen LogP contribution is 2.39. The molecule has 1 amide bonds. The number of benzene rings is 2. The number of ether oxygens (including phenoxy) is 3. The van der Waals surface area contributed by atoms with Gasteiger partial charge in [-0.15, -0.1) is 0 Å². The van der Waals surface area contributed by atoms with E-state index in [0.717, 1.165) is 34.6 Å². The molecule has 166 valence electrons. The SMILES string of the molecule is COc1ccc2c(c1OC)c(=O)n1c3ccc(OCC(=O)NC4CC4)cc3c3ccnc2c31. The van der Waals surface area contributed by atoms with Crippen molar-refractivity contribution in [3.05, 3.63) is 52.9 Å². The summed E-state index contributed by atoms with van der Waals surface area (Å²) in [6.07, 6.45) is 3.79. The molecule has 1 N–H and O–H groups in total. The molecule has 0 unspecified atom stereocenters. The number of carbonyl (C=O) groups excluding carboxylic acids is 1. The van der Waals surface area contributed by atoms with Gasteiger partial charge >= 0.3 is 0 Å². The van der Waals surface area contributed by atoms with Gasteiger partial charge in [0.25, 0.3) is 11.5 Å². The molecule has 1 aliphatic carbocycles. The van der Waals surface area contributed by atoms with Crippen LogP contribution in [0.4, 0.5) is 0 Å². The van der Waals surface area contributed by atoms with E-state index in [4.69, 9.17) is 14.2 Å². The lowest BCUT2D eigenvalue weighted by Gasteiger charge is -2.12. The highest BCUT2D eigenvalue weighted by molar-refractivity contribution is 6.19. The molecule has 0 atom stereocenters. The molecule has 2 aromatic carbocycles. The first-order valence-corrected chi connectivity index (χ1v) is 10.8. The average Bonchev–Trinajstić information content (AvgIpc) is 3.59. The lowest BCUT2D eigenvalue weighted by atomic mass is 10.1. The fourth-order valence-electron chi connectivity index (χ4n) is 4.54. The second-order valence-corrected chi connectivity index (χ2v) is 8.23. The van der Waals surface area contributed by atoms with Gasteiger partial charge in [0.05, 0.1) is 36.2 Å². The number of fused-ring (bicyclic) bond motifs is 5. The van der Waals surface area contributed by atoms with E-state index in [1.165, 1.54) is 7.11 Å². The highest BCUT2D eigenvalue weighted by Gasteiger charge is 2.24. The van der Waals surface area contributed by atoms with Crippen molar-refractivity contribution < 1.29 is 19.0 Å². The van der Waals surface area contributed by atoms with Crippen molar-refractivity contribution >= 4 is 44.0 Å². The first kappa shape index (κ1) is 19.6. The minimum atomic E-state index is -0.210. The standard InChI is InChI=1S/C25H21N3O5/c1-31-19-8-6-16-21(24(19)32-2)25(30)28-18-7-5-14(33-12-20(29)27-13-3-4-13)11-17(18)15-9-10-26-22(16)23(15)28/h5-11,13H,3-4,12H2,1-2H3,(H,27,29). The second-order valence-electron chi connectivity index (χ2n) is 8.23. The number of hydrogen-bond donors (Lipinski definition) is 1. The molecule has 6 rings (SSSR count). The van der Waals surface area contributed by atoms with Gasteiger partial charge in [0.15, 0.2) is 18.1 Å². The molecule has 1 aliphatic rings. The molecule has 0 bridgehead atoms. The van der Waals surface area contributed by atoms with E-state index in [2.05, 4.69) is 10.3 Å². The molecule has 1 saturated carbocycles. The number of methoxy groups -OCH3 is 2. The molecular formula is C25H21N3O5. The van der Waals surface area contributed by atoms with Crippen molar-refractivity contribution in [3.63, 3.8) is 0 Å². The zero-order chi connectivity index (χ0) is 22.7. The van der Waals surface area contributed by atoms with Crippen LogP contribution in [0.3, 0.4) is 0 Å². The van der Waals surface area contributed by atoms with Crippen molar-refractivity contribution in [1.82, 2.24) is 14.7 Å². The fraction of sp³-hybridized carbons (Fsp3) is 0.240. The van der Waals surface area contributed by atoms with Crippen molar-refractivity contribution in [3.8, 4) is 17.2 Å². The Hall–Kier alpha value is -4.07. The smallest absolute Gasteiger partial charge is 0.267 e. The van der Waals surface area contributed by atoms with Crippen LogP contribution < -0.4 is 25.1 Å². The van der Waals surface area contributed by atoms with E-state index in [1.807, 2.05) is 24.3 Å². The van der Waals surface area contributed by atoms with Gasteiger partial charge in [-0.05, 0) is 49.2 Å². The van der Waals surface area contributed by atoms with E-state index in [9.17, 15) is 9.59 Å². The summed E-state index contributed by atoms with van der Waals surface area (Å²) in [5.74, 6) is 1.30. The monoisotopic (exact) mass is 443 g/mol. The molecule has 3 heterocycles. The van der Waals surface area contributed by atoms with Crippen molar-refractivity contribution in [2.75, 3.05) is 20.8 Å². The van der Waals surface area contributed by atoms with Gasteiger partial charge in [0, 0.05) is 28.4 Å². The highest BCUT2D eigenvalue weighted by atomic mass is 16.5. The molecule has 0 aliphatic heterocycles. The van der Waals surface area contributed by atoms with Crippen LogP contribution in [-0.2, 0) is 4.79 Å². The number of amides is 1. The van der Waals surface area contributed by atoms with Crippen LogP contribution in [0, 0.1) is 0 Å². The Kier molecular flexibility index (Phi) is 4.29. The van der Waals surface area contributed by atoms with Crippen LogP contribution in [0.25, 0.3) is 38.1 Å². The van der Waals surface area contributed by atoms with Crippen molar-refractivity contribution in [2.24, 2.45) is 0 Å². The van der Waals surface area contributed by atoms with Crippen LogP contribution >= 0.6 is 0 Å². The molecule has 8 nitrogen and oxygen atoms in total. The zero-order valence-corrected chi connectivity index (χ0v) is 18.2. The van der Waals surface area contributed by atoms with E-state index in [1.54, 1.807) is 29.8 Å². The molecule has 8 heteroatoms. The summed E-state index contributed by atoms with van der Waals surface area (Å²) in [7, 11) is 3.06. The predicted molar refractivity (Wildman–Crippen MR) is 125 cm³/mol. The average molecular weight is 443 g/mol. The maximum absolute atomic E-state index is 13.7. The number of nitrogens with zero attached hydrogens (tertiary/aromatic N) is 2. The van der Waals surface area contributed by atoms with Crippen LogP contribution in [0.2, 0.25) is 0 Å². The number of aromatic nitrogens is 2. The van der Waals surface area contributed by atoms with Gasteiger partial charge < -0.3 is 19.5 Å². The Bertz CT molecular complexity index is 1620. The van der Waals surface area contributed by atoms with Crippen LogP contribution in [0.1, 0.15) is 12.8 Å². The summed E-state index contributed by atoms with van der Waals surface area (Å²) in [4.78, 5) is 30.4. The molecule has 0 radical (unpaired) electrons. The van der Waals surface area contributed by atoms with Gasteiger partial charge in [0.2, 0.25) is 0 Å². The maximum Gasteiger partial charge on any atom is 0.267 e. The summed E-state index contributed by atoms with van der Waals surface area (Å²) in [6, 6.07) is 11.3. The molecule has 0 spiro atoms. The largest absolute Gasteiger partial charge is 0.493 e. The maximum atomic E-state index is 13.7. The zero-order valence-electron chi connectivity index (χ0n) is 18.2. The number of rotatable bonds is 6. The van der Waals surface area contributed by atoms with Gasteiger partial charge in [0.1, 0.15) is 5.75 Å². The molecule has 3 aromatic heterocycles. The second kappa shape index (κ2) is 7.23. The number of carbonyl (C=O) groups is 1. The molecule has 5 aromatic rings. The third-order valence-electron chi connectivity index (χ3n) is 6.18. The van der Waals surface area contributed by atoms with Crippen LogP contribution in [0.5, 0.6) is 17.2 Å². The van der Waals surface area contributed by atoms with Crippen LogP contribution in [-0.4, -0.2) is 42.2 Å². The summed E-state index contributed by atoms with van der Waals surface area (Å²) in [5, 5.41) is 5.76. The third-order valence-corrected chi connectivity index (χ3v) is 6.18. The molecule has 33 heavy (non-hydrogen) atoms. The quantitative estimate of drug-likeness (QED) is 0.405. The van der Waals surface area contributed by atoms with Gasteiger partial charge in [-0.25, -0.2) is 0 Å². The Morgan fingerprint density at radius 3 is 2.70 bits per heavy atom. The Morgan fingerprint density at radius 1 is 1.09 bits per heavy atom. The van der Waals surface area contributed by atoms with E-state index < -0.39 is 0 Å². The topological polar surface area (TPSA) is 91.2 Å². The summed E-state index contributed by atoms with van der Waals surface area (Å²) in [5.41, 5.74) is 1.96. The molecular weight excluding hydrogens is 422 g/mol. The fourth-order valence-corrected chi connectivity index (χ4v) is 4.54. The normalized spacial score (nSPS) is 13.8. The summed E-state index contributed by atoms with van der Waals surface area (Å²) in [6.45, 7) is -0.0468. The number of pyridine rings is 2. The van der Waals surface area contributed by atoms with E-state index >= 15 is 0 Å². The molecule has 1 fully saturated rings. The Labute approximate surface area is 188 Å². The van der Waals surface area contributed by atoms with Gasteiger partial charge in [-0.1, -0.05) is 0 Å². The van der Waals surface area contributed by atoms with E-state index in [-0.39, 0.29) is 24.1 Å². The Balaban J connectivity index is 1.58. The third kappa shape index (κ3) is 2.94. The lowest BCUT2D eigenvalue weighted by Crippen LogP contribution is -2.30. The van der Waals surface area contributed by atoms with Crippen LogP contribution in [0.15, 0.2) is 47.4 Å². The van der Waals surface area contributed by atoms with Gasteiger partial charge in [-0.3, -0.25) is 19.0 Å². The minimum Gasteiger partial charge on any atom is -0.493 e. The predicted octanol–water partition coefficient (Wildman–Crippen LogP) is 3.27. The lowest BCUT2D eigenvalue weighted by molar-refractivity contribution is -0.123. The first-order valence-electron chi connectivity index (χ1n) is 10.8. The summed E-state index contributed by atoms with van der Waals surface area (Å²) >= 11 is 0. The van der Waals surface area contributed by atoms with E-state index in [0.29, 0.717) is 33.5 Å².